The van der Waals surface area contributed by atoms with Crippen molar-refractivity contribution >= 4 is 40.5 Å². The normalized spacial score (nSPS) is 15.9. The molecule has 0 saturated carbocycles. The van der Waals surface area contributed by atoms with Gasteiger partial charge in [0, 0.05) is 25.3 Å². The minimum Gasteiger partial charge on any atom is -0.487 e. The van der Waals surface area contributed by atoms with Crippen molar-refractivity contribution in [3.8, 4) is 5.75 Å². The van der Waals surface area contributed by atoms with Gasteiger partial charge in [0.1, 0.15) is 11.9 Å². The lowest BCUT2D eigenvalue weighted by atomic mass is 10.2. The number of hydrogen-bond donors (Lipinski definition) is 2. The molecule has 182 valence electrons. The number of hydrogen-bond acceptors (Lipinski definition) is 6. The predicted molar refractivity (Wildman–Crippen MR) is 120 cm³/mol. The first-order chi connectivity index (χ1) is 16.1. The second-order valence-corrected chi connectivity index (χ2v) is 8.46. The van der Waals surface area contributed by atoms with Crippen LogP contribution in [-0.2, 0) is 11.3 Å². The van der Waals surface area contributed by atoms with Gasteiger partial charge < -0.3 is 19.6 Å². The Bertz CT molecular complexity index is 1090. The number of furan rings is 1. The average Bonchev–Trinajstić information content (AvgIpc) is 3.53. The molecule has 0 bridgehead atoms. The maximum absolute atomic E-state index is 12.0. The summed E-state index contributed by atoms with van der Waals surface area (Å²) in [5.74, 6) is -2.18. The van der Waals surface area contributed by atoms with Crippen LogP contribution in [-0.4, -0.2) is 47.3 Å². The summed E-state index contributed by atoms with van der Waals surface area (Å²) < 4.78 is 42.9. The molecule has 1 unspecified atom stereocenters. The predicted octanol–water partition coefficient (Wildman–Crippen LogP) is 5.53. The molecular formula is C22H20ClF3N2O5S. The van der Waals surface area contributed by atoms with Crippen molar-refractivity contribution in [3.63, 3.8) is 0 Å². The molecule has 12 heteroatoms. The third-order valence-corrected chi connectivity index (χ3v) is 5.71. The highest BCUT2D eigenvalue weighted by atomic mass is 35.5. The molecule has 34 heavy (non-hydrogen) atoms. The van der Waals surface area contributed by atoms with Crippen molar-refractivity contribution in [2.75, 3.05) is 18.4 Å². The Kier molecular flexibility index (Phi) is 8.59. The van der Waals surface area contributed by atoms with E-state index in [1.165, 1.54) is 11.8 Å². The summed E-state index contributed by atoms with van der Waals surface area (Å²) >= 11 is 8.08. The van der Waals surface area contributed by atoms with Crippen molar-refractivity contribution in [1.82, 2.24) is 4.90 Å². The van der Waals surface area contributed by atoms with E-state index in [0.29, 0.717) is 16.5 Å². The van der Waals surface area contributed by atoms with Crippen LogP contribution in [0.15, 0.2) is 57.8 Å². The summed E-state index contributed by atoms with van der Waals surface area (Å²) in [5, 5.41) is 14.6. The number of benzene rings is 1. The number of carboxylic acids is 1. The molecule has 0 aliphatic carbocycles. The average molecular weight is 517 g/mol. The van der Waals surface area contributed by atoms with Crippen molar-refractivity contribution in [2.45, 2.75) is 25.2 Å². The zero-order valence-electron chi connectivity index (χ0n) is 17.5. The van der Waals surface area contributed by atoms with Crippen LogP contribution in [0.5, 0.6) is 5.75 Å². The van der Waals surface area contributed by atoms with Crippen LogP contribution in [0.4, 0.5) is 18.9 Å². The number of thiophene rings is 1. The highest BCUT2D eigenvalue weighted by Crippen LogP contribution is 2.30. The highest BCUT2D eigenvalue weighted by molar-refractivity contribution is 7.07. The van der Waals surface area contributed by atoms with Crippen LogP contribution in [0, 0.1) is 0 Å². The number of aliphatic carboxylic acids is 1. The second kappa shape index (κ2) is 11.4. The van der Waals surface area contributed by atoms with E-state index in [4.69, 9.17) is 30.7 Å². The second-order valence-electron chi connectivity index (χ2n) is 7.27. The van der Waals surface area contributed by atoms with E-state index in [-0.39, 0.29) is 17.8 Å². The fourth-order valence-corrected chi connectivity index (χ4v) is 4.02. The number of carboxylic acid groups (broad SMARTS) is 1. The Balaban J connectivity index is 0.000000406. The molecule has 0 radical (unpaired) electrons. The van der Waals surface area contributed by atoms with Crippen molar-refractivity contribution in [3.05, 3.63) is 69.8 Å². The Hall–Kier alpha value is -3.02. The van der Waals surface area contributed by atoms with Gasteiger partial charge in [0.25, 0.3) is 5.91 Å². The van der Waals surface area contributed by atoms with Crippen LogP contribution in [0.25, 0.3) is 0 Å². The van der Waals surface area contributed by atoms with Gasteiger partial charge in [-0.15, -0.1) is 0 Å². The van der Waals surface area contributed by atoms with Crippen molar-refractivity contribution < 1.29 is 37.0 Å². The molecule has 0 spiro atoms. The fraction of sp³-hybridized carbons (Fsp3) is 0.273. The maximum atomic E-state index is 12.0. The lowest BCUT2D eigenvalue weighted by Gasteiger charge is -2.17. The first kappa shape index (κ1) is 25.6. The minimum absolute atomic E-state index is 0.115. The molecule has 1 fully saturated rings. The molecule has 1 aromatic carbocycles. The topological polar surface area (TPSA) is 92.0 Å². The number of rotatable bonds is 6. The number of anilines is 1. The van der Waals surface area contributed by atoms with Crippen molar-refractivity contribution in [1.29, 1.82) is 0 Å². The van der Waals surface area contributed by atoms with Gasteiger partial charge in [-0.1, -0.05) is 11.6 Å². The number of carbonyl (C=O) groups excluding carboxylic acids is 1. The minimum atomic E-state index is -5.08. The lowest BCUT2D eigenvalue weighted by Crippen LogP contribution is -2.24. The monoisotopic (exact) mass is 516 g/mol. The molecular weight excluding hydrogens is 497 g/mol. The molecule has 1 aliphatic rings. The van der Waals surface area contributed by atoms with Crippen LogP contribution in [0.1, 0.15) is 22.5 Å². The largest absolute Gasteiger partial charge is 0.490 e. The molecule has 2 N–H and O–H groups in total. The van der Waals surface area contributed by atoms with E-state index in [1.54, 1.807) is 41.7 Å². The van der Waals surface area contributed by atoms with Gasteiger partial charge in [0.15, 0.2) is 5.76 Å². The van der Waals surface area contributed by atoms with Crippen LogP contribution in [0.3, 0.4) is 0 Å². The molecule has 1 atom stereocenters. The number of amides is 1. The van der Waals surface area contributed by atoms with Crippen LogP contribution in [0.2, 0.25) is 5.02 Å². The van der Waals surface area contributed by atoms with Crippen LogP contribution < -0.4 is 10.1 Å². The maximum Gasteiger partial charge on any atom is 0.490 e. The summed E-state index contributed by atoms with van der Waals surface area (Å²) in [7, 11) is 0. The van der Waals surface area contributed by atoms with Gasteiger partial charge in [0.2, 0.25) is 0 Å². The summed E-state index contributed by atoms with van der Waals surface area (Å²) in [6, 6.07) is 10.7. The third kappa shape index (κ3) is 7.51. The molecule has 2 aromatic heterocycles. The number of likely N-dealkylation sites (tertiary alicyclic amines) is 1. The molecule has 3 heterocycles. The Labute approximate surface area is 201 Å². The van der Waals surface area contributed by atoms with E-state index < -0.39 is 12.1 Å². The Morgan fingerprint density at radius 3 is 2.65 bits per heavy atom. The van der Waals surface area contributed by atoms with Gasteiger partial charge in [-0.3, -0.25) is 9.69 Å². The number of carbonyl (C=O) groups is 2. The zero-order valence-corrected chi connectivity index (χ0v) is 19.1. The standard InChI is InChI=1S/C20H19ClN2O3S.C2HF3O2/c21-17-10-15(22-20(24)19-2-1-8-25-19)3-4-18(17)26-16-5-7-23(12-16)11-14-6-9-27-13-14;3-2(4,5)1(6)7/h1-4,6,8-10,13,16H,5,7,11-12H2,(H,22,24);(H,6,7). The van der Waals surface area contributed by atoms with Gasteiger partial charge in [0.05, 0.1) is 11.3 Å². The SMILES string of the molecule is O=C(Nc1ccc(OC2CCN(Cc3ccsc3)C2)c(Cl)c1)c1ccco1.O=C(O)C(F)(F)F. The van der Waals surface area contributed by atoms with Gasteiger partial charge in [-0.05, 0) is 59.1 Å². The van der Waals surface area contributed by atoms with Crippen molar-refractivity contribution in [2.24, 2.45) is 0 Å². The number of alkyl halides is 3. The first-order valence-electron chi connectivity index (χ1n) is 9.96. The molecule has 1 aliphatic heterocycles. The summed E-state index contributed by atoms with van der Waals surface area (Å²) in [6.45, 7) is 2.84. The summed E-state index contributed by atoms with van der Waals surface area (Å²) in [4.78, 5) is 23.3. The van der Waals surface area contributed by atoms with E-state index in [2.05, 4.69) is 27.0 Å². The fourth-order valence-electron chi connectivity index (χ4n) is 3.13. The quantitative estimate of drug-likeness (QED) is 0.447. The molecule has 4 rings (SSSR count). The lowest BCUT2D eigenvalue weighted by molar-refractivity contribution is -0.192. The molecule has 1 amide bonds. The van der Waals surface area contributed by atoms with E-state index >= 15 is 0 Å². The third-order valence-electron chi connectivity index (χ3n) is 4.69. The number of nitrogens with zero attached hydrogens (tertiary/aromatic N) is 1. The summed E-state index contributed by atoms with van der Waals surface area (Å²) in [5.41, 5.74) is 1.94. The van der Waals surface area contributed by atoms with Crippen LogP contribution >= 0.6 is 22.9 Å². The number of halogens is 4. The van der Waals surface area contributed by atoms with E-state index in [1.807, 2.05) is 0 Å². The molecule has 3 aromatic rings. The molecule has 7 nitrogen and oxygen atoms in total. The Morgan fingerprint density at radius 2 is 2.06 bits per heavy atom. The Morgan fingerprint density at radius 1 is 1.29 bits per heavy atom. The number of nitrogens with one attached hydrogen (secondary N) is 1. The van der Waals surface area contributed by atoms with E-state index in [0.717, 1.165) is 26.1 Å². The molecule has 1 saturated heterocycles. The summed E-state index contributed by atoms with van der Waals surface area (Å²) in [6.07, 6.45) is -2.54. The van der Waals surface area contributed by atoms with Gasteiger partial charge >= 0.3 is 12.1 Å². The first-order valence-corrected chi connectivity index (χ1v) is 11.3. The van der Waals surface area contributed by atoms with E-state index in [9.17, 15) is 18.0 Å². The number of ether oxygens (including phenoxy) is 1. The van der Waals surface area contributed by atoms with Gasteiger partial charge in [-0.2, -0.15) is 24.5 Å². The van der Waals surface area contributed by atoms with Gasteiger partial charge in [-0.25, -0.2) is 4.79 Å². The zero-order chi connectivity index (χ0) is 24.7. The highest BCUT2D eigenvalue weighted by Gasteiger charge is 2.38. The smallest absolute Gasteiger partial charge is 0.487 e.